The number of benzene rings is 1. The standard InChI is InChI=1S/C19H23N5O3S/c1-11(2)24-15-16(22(4)19(27)23(5)17(15)26)21-18(24)28-10-14(25)20-13-9-7-6-8-12(13)3/h6-9,11H,10H2,1-5H3,(H,20,25). The molecule has 0 bridgehead atoms. The number of nitrogens with one attached hydrogen (secondary N) is 1. The number of aromatic nitrogens is 4. The summed E-state index contributed by atoms with van der Waals surface area (Å²) in [4.78, 5) is 41.7. The molecule has 1 aromatic carbocycles. The number of hydrogen-bond donors (Lipinski definition) is 1. The van der Waals surface area contributed by atoms with Gasteiger partial charge in [0.15, 0.2) is 16.3 Å². The van der Waals surface area contributed by atoms with Crippen LogP contribution in [0.3, 0.4) is 0 Å². The van der Waals surface area contributed by atoms with Gasteiger partial charge in [0.05, 0.1) is 5.75 Å². The van der Waals surface area contributed by atoms with Crippen LogP contribution in [-0.2, 0) is 18.9 Å². The van der Waals surface area contributed by atoms with Crippen LogP contribution in [0, 0.1) is 6.92 Å². The largest absolute Gasteiger partial charge is 0.332 e. The molecule has 0 saturated carbocycles. The van der Waals surface area contributed by atoms with Crippen LogP contribution in [0.1, 0.15) is 25.5 Å². The molecule has 0 atom stereocenters. The average molecular weight is 401 g/mol. The van der Waals surface area contributed by atoms with Crippen LogP contribution in [0.15, 0.2) is 39.0 Å². The van der Waals surface area contributed by atoms with Gasteiger partial charge in [-0.3, -0.25) is 18.7 Å². The highest BCUT2D eigenvalue weighted by molar-refractivity contribution is 7.99. The number of anilines is 1. The predicted octanol–water partition coefficient (Wildman–Crippen LogP) is 2.05. The highest BCUT2D eigenvalue weighted by Crippen LogP contribution is 2.25. The second kappa shape index (κ2) is 7.67. The smallest absolute Gasteiger partial charge is 0.325 e. The van der Waals surface area contributed by atoms with E-state index in [1.54, 1.807) is 11.6 Å². The fourth-order valence-electron chi connectivity index (χ4n) is 3.01. The number of aryl methyl sites for hydroxylation is 2. The molecular weight excluding hydrogens is 378 g/mol. The molecule has 2 heterocycles. The van der Waals surface area contributed by atoms with Gasteiger partial charge in [0.1, 0.15) is 0 Å². The van der Waals surface area contributed by atoms with Crippen molar-refractivity contribution in [2.75, 3.05) is 11.1 Å². The summed E-state index contributed by atoms with van der Waals surface area (Å²) in [6.07, 6.45) is 0. The number of amides is 1. The van der Waals surface area contributed by atoms with E-state index in [0.29, 0.717) is 16.3 Å². The van der Waals surface area contributed by atoms with Gasteiger partial charge in [0.2, 0.25) is 5.91 Å². The molecule has 1 amide bonds. The Balaban J connectivity index is 1.94. The van der Waals surface area contributed by atoms with Crippen LogP contribution >= 0.6 is 11.8 Å². The van der Waals surface area contributed by atoms with Crippen molar-refractivity contribution in [3.05, 3.63) is 50.7 Å². The third kappa shape index (κ3) is 3.49. The van der Waals surface area contributed by atoms with E-state index in [2.05, 4.69) is 10.3 Å². The molecular formula is C19H23N5O3S. The van der Waals surface area contributed by atoms with Crippen molar-refractivity contribution in [3.63, 3.8) is 0 Å². The molecule has 0 saturated heterocycles. The summed E-state index contributed by atoms with van der Waals surface area (Å²) in [5, 5.41) is 3.42. The van der Waals surface area contributed by atoms with Crippen molar-refractivity contribution in [3.8, 4) is 0 Å². The molecule has 0 unspecified atom stereocenters. The Kier molecular flexibility index (Phi) is 5.46. The van der Waals surface area contributed by atoms with Gasteiger partial charge in [0.25, 0.3) is 5.56 Å². The SMILES string of the molecule is Cc1ccccc1NC(=O)CSc1nc2c(c(=O)n(C)c(=O)n2C)n1C(C)C. The Morgan fingerprint density at radius 3 is 2.50 bits per heavy atom. The van der Waals surface area contributed by atoms with Gasteiger partial charge in [-0.25, -0.2) is 9.78 Å². The van der Waals surface area contributed by atoms with Gasteiger partial charge < -0.3 is 9.88 Å². The van der Waals surface area contributed by atoms with Crippen LogP contribution in [0.2, 0.25) is 0 Å². The predicted molar refractivity (Wildman–Crippen MR) is 111 cm³/mol. The summed E-state index contributed by atoms with van der Waals surface area (Å²) >= 11 is 1.24. The summed E-state index contributed by atoms with van der Waals surface area (Å²) in [6, 6.07) is 7.50. The maximum absolute atomic E-state index is 12.7. The summed E-state index contributed by atoms with van der Waals surface area (Å²) in [5.41, 5.74) is 1.61. The highest BCUT2D eigenvalue weighted by atomic mass is 32.2. The fourth-order valence-corrected chi connectivity index (χ4v) is 3.93. The van der Waals surface area contributed by atoms with E-state index in [0.717, 1.165) is 15.8 Å². The number of para-hydroxylation sites is 1. The molecule has 9 heteroatoms. The Hall–Kier alpha value is -2.81. The minimum absolute atomic E-state index is 0.0582. The number of hydrogen-bond acceptors (Lipinski definition) is 5. The molecule has 2 aromatic heterocycles. The lowest BCUT2D eigenvalue weighted by molar-refractivity contribution is -0.113. The zero-order valence-electron chi connectivity index (χ0n) is 16.5. The third-order valence-electron chi connectivity index (χ3n) is 4.53. The Morgan fingerprint density at radius 1 is 1.18 bits per heavy atom. The molecule has 1 N–H and O–H groups in total. The normalized spacial score (nSPS) is 11.4. The van der Waals surface area contributed by atoms with Crippen LogP contribution in [0.4, 0.5) is 5.69 Å². The zero-order valence-corrected chi connectivity index (χ0v) is 17.3. The van der Waals surface area contributed by atoms with Crippen LogP contribution in [0.5, 0.6) is 0 Å². The first-order valence-electron chi connectivity index (χ1n) is 8.88. The number of carbonyl (C=O) groups excluding carboxylic acids is 1. The van der Waals surface area contributed by atoms with Crippen molar-refractivity contribution in [2.24, 2.45) is 14.1 Å². The first-order chi connectivity index (χ1) is 13.2. The summed E-state index contributed by atoms with van der Waals surface area (Å²) in [7, 11) is 3.03. The van der Waals surface area contributed by atoms with E-state index >= 15 is 0 Å². The Labute approximate surface area is 166 Å². The van der Waals surface area contributed by atoms with E-state index in [-0.39, 0.29) is 17.7 Å². The van der Waals surface area contributed by atoms with E-state index in [9.17, 15) is 14.4 Å². The molecule has 0 spiro atoms. The van der Waals surface area contributed by atoms with E-state index in [1.807, 2.05) is 45.0 Å². The van der Waals surface area contributed by atoms with Crippen LogP contribution in [0.25, 0.3) is 11.2 Å². The lowest BCUT2D eigenvalue weighted by atomic mass is 10.2. The number of fused-ring (bicyclic) bond motifs is 1. The van der Waals surface area contributed by atoms with Crippen LogP contribution < -0.4 is 16.6 Å². The molecule has 3 rings (SSSR count). The average Bonchev–Trinajstić information content (AvgIpc) is 3.05. The second-order valence-corrected chi connectivity index (χ2v) is 7.83. The number of rotatable bonds is 5. The number of imidazole rings is 1. The maximum Gasteiger partial charge on any atom is 0.332 e. The number of nitrogens with zero attached hydrogens (tertiary/aromatic N) is 4. The number of carbonyl (C=O) groups is 1. The lowest BCUT2D eigenvalue weighted by Crippen LogP contribution is -2.37. The minimum atomic E-state index is -0.431. The summed E-state index contributed by atoms with van der Waals surface area (Å²) in [5.74, 6) is -0.0259. The summed E-state index contributed by atoms with van der Waals surface area (Å²) < 4.78 is 4.21. The Morgan fingerprint density at radius 2 is 1.86 bits per heavy atom. The third-order valence-corrected chi connectivity index (χ3v) is 5.48. The Bertz CT molecular complexity index is 1170. The van der Waals surface area contributed by atoms with Crippen molar-refractivity contribution < 1.29 is 4.79 Å². The molecule has 0 aliphatic rings. The highest BCUT2D eigenvalue weighted by Gasteiger charge is 2.21. The second-order valence-electron chi connectivity index (χ2n) is 6.89. The first-order valence-corrected chi connectivity index (χ1v) is 9.87. The molecule has 28 heavy (non-hydrogen) atoms. The topological polar surface area (TPSA) is 90.9 Å². The number of thioether (sulfide) groups is 1. The van der Waals surface area contributed by atoms with E-state index in [4.69, 9.17) is 0 Å². The fraction of sp³-hybridized carbons (Fsp3) is 0.368. The minimum Gasteiger partial charge on any atom is -0.325 e. The maximum atomic E-state index is 12.7. The van der Waals surface area contributed by atoms with E-state index in [1.165, 1.54) is 23.4 Å². The van der Waals surface area contributed by atoms with Gasteiger partial charge in [-0.15, -0.1) is 0 Å². The first kappa shape index (κ1) is 19.9. The molecule has 3 aromatic rings. The van der Waals surface area contributed by atoms with Crippen LogP contribution in [-0.4, -0.2) is 30.3 Å². The summed E-state index contributed by atoms with van der Waals surface area (Å²) in [6.45, 7) is 5.80. The van der Waals surface area contributed by atoms with Crippen molar-refractivity contribution in [1.29, 1.82) is 0 Å². The quantitative estimate of drug-likeness (QED) is 0.661. The van der Waals surface area contributed by atoms with Crippen molar-refractivity contribution in [2.45, 2.75) is 32.0 Å². The molecule has 0 aliphatic heterocycles. The van der Waals surface area contributed by atoms with Gasteiger partial charge >= 0.3 is 5.69 Å². The van der Waals surface area contributed by atoms with Gasteiger partial charge in [0, 0.05) is 25.8 Å². The van der Waals surface area contributed by atoms with Gasteiger partial charge in [-0.05, 0) is 32.4 Å². The molecule has 0 radical (unpaired) electrons. The molecule has 8 nitrogen and oxygen atoms in total. The monoisotopic (exact) mass is 401 g/mol. The molecule has 0 fully saturated rings. The van der Waals surface area contributed by atoms with Crippen molar-refractivity contribution in [1.82, 2.24) is 18.7 Å². The van der Waals surface area contributed by atoms with Gasteiger partial charge in [-0.1, -0.05) is 30.0 Å². The molecule has 0 aliphatic carbocycles. The lowest BCUT2D eigenvalue weighted by Gasteiger charge is -2.13. The zero-order chi connectivity index (χ0) is 20.6. The van der Waals surface area contributed by atoms with Crippen molar-refractivity contribution >= 4 is 34.5 Å². The molecule has 148 valence electrons. The van der Waals surface area contributed by atoms with Gasteiger partial charge in [-0.2, -0.15) is 0 Å². The van der Waals surface area contributed by atoms with E-state index < -0.39 is 11.2 Å².